The number of amides is 1. The van der Waals surface area contributed by atoms with Crippen LogP contribution in [0, 0.1) is 5.92 Å². The average molecular weight is 485 g/mol. The van der Waals surface area contributed by atoms with E-state index in [4.69, 9.17) is 9.47 Å². The number of nitrogens with zero attached hydrogens (tertiary/aromatic N) is 3. The smallest absolute Gasteiger partial charge is 0.235 e. The molecule has 0 saturated heterocycles. The highest BCUT2D eigenvalue weighted by Gasteiger charge is 2.38. The Morgan fingerprint density at radius 3 is 2.47 bits per heavy atom. The quantitative estimate of drug-likeness (QED) is 0.431. The molecule has 186 valence electrons. The summed E-state index contributed by atoms with van der Waals surface area (Å²) in [6.07, 6.45) is 5.23. The minimum Gasteiger partial charge on any atom is -0.498 e. The fourth-order valence-electron chi connectivity index (χ4n) is 3.98. The fourth-order valence-corrected chi connectivity index (χ4v) is 3.98. The summed E-state index contributed by atoms with van der Waals surface area (Å²) in [4.78, 5) is 24.0. The molecule has 0 saturated carbocycles. The van der Waals surface area contributed by atoms with Gasteiger partial charge in [0.2, 0.25) is 5.91 Å². The Balaban J connectivity index is 1.43. The Hall–Kier alpha value is -4.13. The van der Waals surface area contributed by atoms with Crippen LogP contribution < -0.4 is 15.0 Å². The Labute approximate surface area is 212 Å². The molecule has 0 spiro atoms. The van der Waals surface area contributed by atoms with Crippen molar-refractivity contribution in [1.82, 2.24) is 4.98 Å². The van der Waals surface area contributed by atoms with Crippen molar-refractivity contribution in [3.63, 3.8) is 0 Å². The molecule has 1 amide bonds. The minimum atomic E-state index is -0.722. The average Bonchev–Trinajstić information content (AvgIpc) is 2.92. The monoisotopic (exact) mass is 484 g/mol. The third-order valence-corrected chi connectivity index (χ3v) is 6.66. The number of carbonyl (C=O) groups is 1. The Bertz CT molecular complexity index is 1220. The van der Waals surface area contributed by atoms with Gasteiger partial charge < -0.3 is 19.7 Å². The number of benzene rings is 2. The first-order valence-electron chi connectivity index (χ1n) is 12.0. The largest absolute Gasteiger partial charge is 0.498 e. The Morgan fingerprint density at radius 2 is 1.83 bits per heavy atom. The lowest BCUT2D eigenvalue weighted by Gasteiger charge is -2.33. The molecule has 2 aromatic carbocycles. The molecular weight excluding hydrogens is 452 g/mol. The van der Waals surface area contributed by atoms with Crippen LogP contribution in [-0.4, -0.2) is 30.9 Å². The van der Waals surface area contributed by atoms with E-state index < -0.39 is 5.41 Å². The van der Waals surface area contributed by atoms with E-state index in [2.05, 4.69) is 29.1 Å². The normalized spacial score (nSPS) is 14.7. The van der Waals surface area contributed by atoms with Gasteiger partial charge in [-0.2, -0.15) is 0 Å². The summed E-state index contributed by atoms with van der Waals surface area (Å²) in [6.45, 7) is 7.12. The summed E-state index contributed by atoms with van der Waals surface area (Å²) < 4.78 is 11.1. The number of aliphatic imine (C=N–C) groups is 1. The molecule has 2 heterocycles. The van der Waals surface area contributed by atoms with Crippen molar-refractivity contribution in [3.05, 3.63) is 96.1 Å². The van der Waals surface area contributed by atoms with Gasteiger partial charge in [0.1, 0.15) is 18.1 Å². The maximum atomic E-state index is 13.5. The predicted molar refractivity (Wildman–Crippen MR) is 143 cm³/mol. The molecule has 0 bridgehead atoms. The van der Waals surface area contributed by atoms with E-state index >= 15 is 0 Å². The number of ether oxygens (including phenoxy) is 2. The number of nitrogens with one attached hydrogen (secondary N) is 1. The maximum Gasteiger partial charge on any atom is 0.235 e. The van der Waals surface area contributed by atoms with E-state index in [0.717, 1.165) is 28.4 Å². The van der Waals surface area contributed by atoms with Gasteiger partial charge in [-0.25, -0.2) is 4.99 Å². The molecule has 1 aliphatic heterocycles. The highest BCUT2D eigenvalue weighted by atomic mass is 16.5. The van der Waals surface area contributed by atoms with Crippen LogP contribution in [0.25, 0.3) is 0 Å². The molecule has 0 aliphatic carbocycles. The third kappa shape index (κ3) is 5.57. The summed E-state index contributed by atoms with van der Waals surface area (Å²) >= 11 is 0. The summed E-state index contributed by atoms with van der Waals surface area (Å²) in [7, 11) is 1.64. The highest BCUT2D eigenvalue weighted by Crippen LogP contribution is 2.35. The van der Waals surface area contributed by atoms with Crippen LogP contribution in [0.1, 0.15) is 32.0 Å². The van der Waals surface area contributed by atoms with Gasteiger partial charge in [-0.05, 0) is 66.9 Å². The molecule has 7 nitrogen and oxygen atoms in total. The van der Waals surface area contributed by atoms with Gasteiger partial charge in [-0.1, -0.05) is 32.0 Å². The fraction of sp³-hybridized carbons (Fsp3) is 0.276. The summed E-state index contributed by atoms with van der Waals surface area (Å²) in [6, 6.07) is 21.2. The van der Waals surface area contributed by atoms with Crippen LogP contribution in [0.15, 0.2) is 89.9 Å². The topological polar surface area (TPSA) is 76.0 Å². The Kier molecular flexibility index (Phi) is 7.68. The van der Waals surface area contributed by atoms with E-state index in [0.29, 0.717) is 18.9 Å². The number of pyridine rings is 1. The van der Waals surface area contributed by atoms with E-state index in [1.165, 1.54) is 0 Å². The lowest BCUT2D eigenvalue weighted by molar-refractivity contribution is -0.122. The van der Waals surface area contributed by atoms with Crippen molar-refractivity contribution in [2.45, 2.75) is 32.8 Å². The molecule has 1 aromatic heterocycles. The van der Waals surface area contributed by atoms with Crippen molar-refractivity contribution >= 4 is 23.6 Å². The number of methoxy groups -OCH3 is 1. The van der Waals surface area contributed by atoms with E-state index in [-0.39, 0.29) is 11.8 Å². The standard InChI is InChI=1S/C29H32N4O3/c1-21(2)29(3,22-8-12-25(13-9-22)33-18-27(35-4)17-30-20-33)28(34)32-23-10-14-26(15-11-23)36-19-24-7-5-6-16-31-24/h5-17,20-21H,18-19H2,1-4H3,(H,32,34). The minimum absolute atomic E-state index is 0.0588. The van der Waals surface area contributed by atoms with Gasteiger partial charge in [-0.3, -0.25) is 9.78 Å². The zero-order valence-electron chi connectivity index (χ0n) is 21.1. The van der Waals surface area contributed by atoms with Crippen molar-refractivity contribution in [2.24, 2.45) is 10.9 Å². The maximum absolute atomic E-state index is 13.5. The second kappa shape index (κ2) is 11.1. The summed E-state index contributed by atoms with van der Waals surface area (Å²) in [5.41, 5.74) is 2.79. The third-order valence-electron chi connectivity index (χ3n) is 6.66. The second-order valence-corrected chi connectivity index (χ2v) is 9.18. The Morgan fingerprint density at radius 1 is 1.08 bits per heavy atom. The summed E-state index contributed by atoms with van der Waals surface area (Å²) in [5.74, 6) is 1.52. The van der Waals surface area contributed by atoms with Gasteiger partial charge in [0.25, 0.3) is 0 Å². The molecule has 1 N–H and O–H groups in total. The second-order valence-electron chi connectivity index (χ2n) is 9.18. The van der Waals surface area contributed by atoms with Crippen LogP contribution in [-0.2, 0) is 21.6 Å². The first-order valence-corrected chi connectivity index (χ1v) is 12.0. The molecule has 1 aliphatic rings. The highest BCUT2D eigenvalue weighted by molar-refractivity contribution is 5.99. The molecule has 1 unspecified atom stereocenters. The molecule has 36 heavy (non-hydrogen) atoms. The van der Waals surface area contributed by atoms with Crippen LogP contribution in [0.3, 0.4) is 0 Å². The first-order chi connectivity index (χ1) is 17.4. The number of carbonyl (C=O) groups excluding carboxylic acids is 1. The van der Waals surface area contributed by atoms with Gasteiger partial charge in [-0.15, -0.1) is 0 Å². The zero-order valence-corrected chi connectivity index (χ0v) is 21.1. The van der Waals surface area contributed by atoms with E-state index in [9.17, 15) is 4.79 Å². The number of hydrogen-bond donors (Lipinski definition) is 1. The molecule has 0 radical (unpaired) electrons. The van der Waals surface area contributed by atoms with Gasteiger partial charge in [0, 0.05) is 17.6 Å². The predicted octanol–water partition coefficient (Wildman–Crippen LogP) is 5.55. The van der Waals surface area contributed by atoms with Crippen LogP contribution in [0.5, 0.6) is 5.75 Å². The molecule has 4 rings (SSSR count). The number of aromatic nitrogens is 1. The SMILES string of the molecule is COC1=CN=CN(c2ccc(C(C)(C(=O)Nc3ccc(OCc4ccccn4)cc3)C(C)C)cc2)C1. The van der Waals surface area contributed by atoms with Crippen LogP contribution >= 0.6 is 0 Å². The van der Waals surface area contributed by atoms with Crippen molar-refractivity contribution in [1.29, 1.82) is 0 Å². The van der Waals surface area contributed by atoms with Crippen molar-refractivity contribution in [2.75, 3.05) is 23.9 Å². The summed E-state index contributed by atoms with van der Waals surface area (Å²) in [5, 5.41) is 3.09. The number of anilines is 2. The number of hydrogen-bond acceptors (Lipinski definition) is 6. The molecule has 0 fully saturated rings. The zero-order chi connectivity index (χ0) is 25.5. The molecule has 7 heteroatoms. The van der Waals surface area contributed by atoms with Crippen molar-refractivity contribution in [3.8, 4) is 5.75 Å². The van der Waals surface area contributed by atoms with Gasteiger partial charge in [0.05, 0.1) is 37.3 Å². The van der Waals surface area contributed by atoms with Crippen LogP contribution in [0.2, 0.25) is 0 Å². The first kappa shape index (κ1) is 25.0. The lowest BCUT2D eigenvalue weighted by atomic mass is 9.72. The van der Waals surface area contributed by atoms with Gasteiger partial charge in [0.15, 0.2) is 0 Å². The van der Waals surface area contributed by atoms with E-state index in [1.807, 2.05) is 78.6 Å². The number of rotatable bonds is 9. The van der Waals surface area contributed by atoms with Crippen molar-refractivity contribution < 1.29 is 14.3 Å². The lowest BCUT2D eigenvalue weighted by Crippen LogP contribution is -2.42. The van der Waals surface area contributed by atoms with E-state index in [1.54, 1.807) is 25.8 Å². The molecule has 1 atom stereocenters. The van der Waals surface area contributed by atoms with Crippen LogP contribution in [0.4, 0.5) is 11.4 Å². The van der Waals surface area contributed by atoms with Gasteiger partial charge >= 0.3 is 0 Å². The molecular formula is C29H32N4O3. The molecule has 3 aromatic rings.